The van der Waals surface area contributed by atoms with Crippen molar-refractivity contribution in [3.8, 4) is 6.07 Å². The molecule has 0 heterocycles. The van der Waals surface area contributed by atoms with Crippen LogP contribution >= 0.6 is 11.8 Å². The summed E-state index contributed by atoms with van der Waals surface area (Å²) >= 11 is 1.03. The number of carbonyl (C=O) groups is 2. The molecule has 0 aliphatic heterocycles. The van der Waals surface area contributed by atoms with Crippen LogP contribution in [0.1, 0.15) is 6.92 Å². The molecule has 0 spiro atoms. The number of hydrogen-bond donors (Lipinski definition) is 1. The highest BCUT2D eigenvalue weighted by atomic mass is 32.2. The van der Waals surface area contributed by atoms with E-state index in [1.165, 1.54) is 25.1 Å². The van der Waals surface area contributed by atoms with Crippen LogP contribution in [0.4, 0.5) is 10.1 Å². The Hall–Kier alpha value is -2.07. The summed E-state index contributed by atoms with van der Waals surface area (Å²) in [5.41, 5.74) is 0.0961. The molecule has 0 saturated carbocycles. The first-order chi connectivity index (χ1) is 9.52. The molecule has 0 aliphatic rings. The third-order valence-corrected chi connectivity index (χ3v) is 3.00. The first kappa shape index (κ1) is 16.0. The van der Waals surface area contributed by atoms with Crippen LogP contribution in [0.2, 0.25) is 0 Å². The number of carbonyl (C=O) groups excluding carboxylic acids is 2. The van der Waals surface area contributed by atoms with E-state index in [0.29, 0.717) is 0 Å². The van der Waals surface area contributed by atoms with Crippen molar-refractivity contribution in [2.24, 2.45) is 0 Å². The van der Waals surface area contributed by atoms with Crippen molar-refractivity contribution in [3.63, 3.8) is 0 Å². The van der Waals surface area contributed by atoms with E-state index in [1.54, 1.807) is 12.1 Å². The van der Waals surface area contributed by atoms with Gasteiger partial charge in [-0.1, -0.05) is 12.1 Å². The van der Waals surface area contributed by atoms with Gasteiger partial charge in [0, 0.05) is 0 Å². The number of para-hydroxylation sites is 1. The molecule has 20 heavy (non-hydrogen) atoms. The van der Waals surface area contributed by atoms with Crippen LogP contribution in [-0.4, -0.2) is 29.5 Å². The molecule has 0 aliphatic carbocycles. The quantitative estimate of drug-likeness (QED) is 0.812. The number of nitrogens with one attached hydrogen (secondary N) is 1. The Kier molecular flexibility index (Phi) is 6.53. The number of anilines is 1. The fourth-order valence-electron chi connectivity index (χ4n) is 1.23. The smallest absolute Gasteiger partial charge is 0.317 e. The molecule has 1 amide bonds. The first-order valence-electron chi connectivity index (χ1n) is 5.74. The van der Waals surface area contributed by atoms with Gasteiger partial charge in [0.2, 0.25) is 5.91 Å². The lowest BCUT2D eigenvalue weighted by atomic mass is 10.3. The van der Waals surface area contributed by atoms with Crippen molar-refractivity contribution in [1.82, 2.24) is 0 Å². The van der Waals surface area contributed by atoms with Gasteiger partial charge in [-0.3, -0.25) is 9.59 Å². The molecule has 1 aromatic rings. The third kappa shape index (κ3) is 5.71. The van der Waals surface area contributed by atoms with Crippen molar-refractivity contribution >= 4 is 29.3 Å². The normalized spacial score (nSPS) is 11.2. The zero-order chi connectivity index (χ0) is 15.0. The zero-order valence-corrected chi connectivity index (χ0v) is 11.6. The highest BCUT2D eigenvalue weighted by Crippen LogP contribution is 2.13. The lowest BCUT2D eigenvalue weighted by molar-refractivity contribution is -0.142. The minimum atomic E-state index is -0.810. The van der Waals surface area contributed by atoms with Crippen molar-refractivity contribution < 1.29 is 18.7 Å². The van der Waals surface area contributed by atoms with Gasteiger partial charge < -0.3 is 10.1 Å². The fourth-order valence-corrected chi connectivity index (χ4v) is 1.83. The van der Waals surface area contributed by atoms with E-state index in [4.69, 9.17) is 10.00 Å². The van der Waals surface area contributed by atoms with Gasteiger partial charge in [-0.2, -0.15) is 5.26 Å². The van der Waals surface area contributed by atoms with E-state index >= 15 is 0 Å². The number of amides is 1. The summed E-state index contributed by atoms with van der Waals surface area (Å²) in [6.07, 6.45) is -0.810. The number of rotatable bonds is 6. The van der Waals surface area contributed by atoms with Crippen LogP contribution in [-0.2, 0) is 14.3 Å². The van der Waals surface area contributed by atoms with Crippen LogP contribution in [0.25, 0.3) is 0 Å². The van der Waals surface area contributed by atoms with Crippen LogP contribution in [0, 0.1) is 17.1 Å². The maximum atomic E-state index is 13.3. The van der Waals surface area contributed by atoms with Gasteiger partial charge in [0.15, 0.2) is 6.10 Å². The summed E-state index contributed by atoms with van der Waals surface area (Å²) in [5.74, 6) is -1.56. The van der Waals surface area contributed by atoms with E-state index in [0.717, 1.165) is 11.8 Å². The summed E-state index contributed by atoms with van der Waals surface area (Å²) in [6.45, 7) is 1.45. The first-order valence-corrected chi connectivity index (χ1v) is 6.89. The molecular weight excluding hydrogens is 283 g/mol. The van der Waals surface area contributed by atoms with Crippen molar-refractivity contribution in [1.29, 1.82) is 5.26 Å². The van der Waals surface area contributed by atoms with Gasteiger partial charge in [-0.15, -0.1) is 11.8 Å². The number of benzene rings is 1. The second-order valence-corrected chi connectivity index (χ2v) is 4.77. The number of esters is 1. The standard InChI is InChI=1S/C13H13FN2O3S/c1-9(6-15)19-13(18)8-20-7-12(17)16-11-5-3-2-4-10(11)14/h2-5,9H,7-8H2,1H3,(H,16,17)/t9-/m1/s1. The van der Waals surface area contributed by atoms with E-state index in [1.807, 2.05) is 0 Å². The average molecular weight is 296 g/mol. The number of nitriles is 1. The molecule has 0 bridgehead atoms. The molecule has 1 rings (SSSR count). The molecule has 0 unspecified atom stereocenters. The predicted molar refractivity (Wildman–Crippen MR) is 73.5 cm³/mol. The molecule has 1 N–H and O–H groups in total. The molecule has 7 heteroatoms. The van der Waals surface area contributed by atoms with E-state index in [2.05, 4.69) is 5.32 Å². The molecule has 5 nitrogen and oxygen atoms in total. The molecular formula is C13H13FN2O3S. The van der Waals surface area contributed by atoms with E-state index < -0.39 is 23.8 Å². The molecule has 0 saturated heterocycles. The number of hydrogen-bond acceptors (Lipinski definition) is 5. The van der Waals surface area contributed by atoms with Crippen molar-refractivity contribution in [2.45, 2.75) is 13.0 Å². The number of thioether (sulfide) groups is 1. The summed E-state index contributed by atoms with van der Waals surface area (Å²) < 4.78 is 18.0. The summed E-state index contributed by atoms with van der Waals surface area (Å²) in [4.78, 5) is 22.7. The van der Waals surface area contributed by atoms with Crippen LogP contribution in [0.3, 0.4) is 0 Å². The Balaban J connectivity index is 2.29. The van der Waals surface area contributed by atoms with Crippen LogP contribution < -0.4 is 5.32 Å². The Morgan fingerprint density at radius 2 is 2.15 bits per heavy atom. The summed E-state index contributed by atoms with van der Waals surface area (Å²) in [5, 5.41) is 10.9. The molecule has 0 aromatic heterocycles. The Morgan fingerprint density at radius 1 is 1.45 bits per heavy atom. The Bertz CT molecular complexity index is 531. The van der Waals surface area contributed by atoms with Crippen LogP contribution in [0.5, 0.6) is 0 Å². The highest BCUT2D eigenvalue weighted by molar-refractivity contribution is 8.00. The van der Waals surface area contributed by atoms with Crippen molar-refractivity contribution in [3.05, 3.63) is 30.1 Å². The second kappa shape index (κ2) is 8.17. The molecule has 0 fully saturated rings. The lowest BCUT2D eigenvalue weighted by Crippen LogP contribution is -2.18. The van der Waals surface area contributed by atoms with Gasteiger partial charge in [0.05, 0.1) is 17.2 Å². The number of ether oxygens (including phenoxy) is 1. The minimum Gasteiger partial charge on any atom is -0.447 e. The monoisotopic (exact) mass is 296 g/mol. The third-order valence-electron chi connectivity index (χ3n) is 2.09. The van der Waals surface area contributed by atoms with Gasteiger partial charge >= 0.3 is 5.97 Å². The van der Waals surface area contributed by atoms with Gasteiger partial charge in [0.25, 0.3) is 0 Å². The maximum Gasteiger partial charge on any atom is 0.317 e. The minimum absolute atomic E-state index is 0.00955. The van der Waals surface area contributed by atoms with Gasteiger partial charge in [0.1, 0.15) is 11.9 Å². The SMILES string of the molecule is C[C@H](C#N)OC(=O)CSCC(=O)Nc1ccccc1F. The predicted octanol–water partition coefficient (Wildman–Crippen LogP) is 1.95. The summed E-state index contributed by atoms with van der Waals surface area (Å²) in [6, 6.07) is 7.57. The summed E-state index contributed by atoms with van der Waals surface area (Å²) in [7, 11) is 0. The fraction of sp³-hybridized carbons (Fsp3) is 0.308. The largest absolute Gasteiger partial charge is 0.447 e. The van der Waals surface area contributed by atoms with Crippen molar-refractivity contribution in [2.75, 3.05) is 16.8 Å². The molecule has 0 radical (unpaired) electrons. The van der Waals surface area contributed by atoms with E-state index in [9.17, 15) is 14.0 Å². The van der Waals surface area contributed by atoms with Crippen LogP contribution in [0.15, 0.2) is 24.3 Å². The number of halogens is 1. The Labute approximate surface area is 120 Å². The highest BCUT2D eigenvalue weighted by Gasteiger charge is 2.11. The van der Waals surface area contributed by atoms with Gasteiger partial charge in [-0.25, -0.2) is 4.39 Å². The molecule has 1 aromatic carbocycles. The lowest BCUT2D eigenvalue weighted by Gasteiger charge is -2.07. The zero-order valence-electron chi connectivity index (χ0n) is 10.8. The number of nitrogens with zero attached hydrogens (tertiary/aromatic N) is 1. The Morgan fingerprint density at radius 3 is 2.80 bits per heavy atom. The maximum absolute atomic E-state index is 13.3. The molecule has 106 valence electrons. The second-order valence-electron chi connectivity index (χ2n) is 3.78. The van der Waals surface area contributed by atoms with Gasteiger partial charge in [-0.05, 0) is 19.1 Å². The molecule has 1 atom stereocenters. The van der Waals surface area contributed by atoms with E-state index in [-0.39, 0.29) is 17.2 Å². The average Bonchev–Trinajstić information content (AvgIpc) is 2.41. The topological polar surface area (TPSA) is 79.2 Å².